The molecular weight excluding hydrogens is 321 g/mol. The summed E-state index contributed by atoms with van der Waals surface area (Å²) in [5.74, 6) is -1.14. The molecule has 0 fully saturated rings. The van der Waals surface area contributed by atoms with E-state index >= 15 is 0 Å². The van der Waals surface area contributed by atoms with Crippen LogP contribution in [-0.2, 0) is 10.0 Å². The molecule has 3 N–H and O–H groups in total. The van der Waals surface area contributed by atoms with Gasteiger partial charge in [0.15, 0.2) is 0 Å². The molecule has 120 valence electrons. The minimum Gasteiger partial charge on any atom is -0.351 e. The largest absolute Gasteiger partial charge is 0.351 e. The number of amides is 1. The summed E-state index contributed by atoms with van der Waals surface area (Å²) in [7, 11) is -3.54. The zero-order chi connectivity index (χ0) is 15.2. The van der Waals surface area contributed by atoms with Crippen LogP contribution in [0.4, 0.5) is 10.1 Å². The highest BCUT2D eigenvalue weighted by atomic mass is 35.5. The molecule has 0 bridgehead atoms. The van der Waals surface area contributed by atoms with Gasteiger partial charge in [0.1, 0.15) is 5.82 Å². The summed E-state index contributed by atoms with van der Waals surface area (Å²) < 4.78 is 37.8. The highest BCUT2D eigenvalue weighted by Gasteiger charge is 2.14. The number of nitrogens with one attached hydrogen (secondary N) is 3. The number of carbonyl (C=O) groups excluding carboxylic acids is 1. The molecule has 0 aromatic heterocycles. The second kappa shape index (κ2) is 8.81. The molecule has 0 saturated heterocycles. The van der Waals surface area contributed by atoms with Crippen molar-refractivity contribution in [1.29, 1.82) is 0 Å². The van der Waals surface area contributed by atoms with Crippen LogP contribution in [-0.4, -0.2) is 40.2 Å². The maximum absolute atomic E-state index is 13.2. The normalized spacial score (nSPS) is 10.6. The zero-order valence-electron chi connectivity index (χ0n) is 11.8. The van der Waals surface area contributed by atoms with E-state index < -0.39 is 21.7 Å². The third-order valence-corrected chi connectivity index (χ3v) is 2.95. The van der Waals surface area contributed by atoms with Gasteiger partial charge in [0.25, 0.3) is 5.91 Å². The van der Waals surface area contributed by atoms with Crippen molar-refractivity contribution in [2.24, 2.45) is 0 Å². The third-order valence-electron chi connectivity index (χ3n) is 2.36. The van der Waals surface area contributed by atoms with E-state index in [1.165, 1.54) is 6.07 Å². The van der Waals surface area contributed by atoms with Crippen molar-refractivity contribution in [1.82, 2.24) is 10.6 Å². The Morgan fingerprint density at radius 1 is 1.29 bits per heavy atom. The van der Waals surface area contributed by atoms with Gasteiger partial charge in [-0.15, -0.1) is 12.4 Å². The van der Waals surface area contributed by atoms with Crippen molar-refractivity contribution in [2.75, 3.05) is 30.6 Å². The van der Waals surface area contributed by atoms with Crippen LogP contribution in [0.25, 0.3) is 0 Å². The van der Waals surface area contributed by atoms with Gasteiger partial charge < -0.3 is 10.6 Å². The van der Waals surface area contributed by atoms with Crippen LogP contribution >= 0.6 is 12.4 Å². The first-order valence-electron chi connectivity index (χ1n) is 6.09. The monoisotopic (exact) mass is 339 g/mol. The van der Waals surface area contributed by atoms with Crippen molar-refractivity contribution in [3.8, 4) is 0 Å². The minimum absolute atomic E-state index is 0. The van der Waals surface area contributed by atoms with Gasteiger partial charge in [-0.05, 0) is 24.7 Å². The third kappa shape index (κ3) is 7.26. The van der Waals surface area contributed by atoms with Gasteiger partial charge in [0.2, 0.25) is 10.0 Å². The lowest BCUT2D eigenvalue weighted by molar-refractivity contribution is 0.0954. The molecule has 0 heterocycles. The summed E-state index contributed by atoms with van der Waals surface area (Å²) in [6, 6.07) is 3.30. The Morgan fingerprint density at radius 2 is 1.95 bits per heavy atom. The first-order chi connectivity index (χ1) is 9.33. The molecule has 1 aromatic rings. The fourth-order valence-electron chi connectivity index (χ4n) is 1.53. The maximum atomic E-state index is 13.2. The smallest absolute Gasteiger partial charge is 0.253 e. The lowest BCUT2D eigenvalue weighted by Gasteiger charge is -2.11. The van der Waals surface area contributed by atoms with E-state index in [1.807, 2.05) is 6.92 Å². The topological polar surface area (TPSA) is 87.3 Å². The second-order valence-electron chi connectivity index (χ2n) is 4.17. The van der Waals surface area contributed by atoms with Gasteiger partial charge in [-0.25, -0.2) is 12.8 Å². The Kier molecular flexibility index (Phi) is 8.23. The standard InChI is InChI=1S/C12H18FN3O3S.ClH/c1-3-14-6-7-15-12(17)10-8-9(13)4-5-11(10)16-20(2,18)19;/h4-5,8,14,16H,3,6-7H2,1-2H3,(H,15,17);1H. The SMILES string of the molecule is CCNCCNC(=O)c1cc(F)ccc1NS(C)(=O)=O.Cl. The van der Waals surface area contributed by atoms with Gasteiger partial charge in [-0.3, -0.25) is 9.52 Å². The number of sulfonamides is 1. The number of benzene rings is 1. The molecule has 0 atom stereocenters. The molecule has 0 radical (unpaired) electrons. The number of hydrogen-bond donors (Lipinski definition) is 3. The summed E-state index contributed by atoms with van der Waals surface area (Å²) in [4.78, 5) is 11.9. The van der Waals surface area contributed by atoms with E-state index in [-0.39, 0.29) is 23.7 Å². The first kappa shape index (κ1) is 19.6. The van der Waals surface area contributed by atoms with Crippen molar-refractivity contribution < 1.29 is 17.6 Å². The molecule has 0 aliphatic rings. The lowest BCUT2D eigenvalue weighted by Crippen LogP contribution is -2.32. The number of carbonyl (C=O) groups is 1. The molecule has 1 aromatic carbocycles. The first-order valence-corrected chi connectivity index (χ1v) is 7.99. The predicted molar refractivity (Wildman–Crippen MR) is 83.0 cm³/mol. The zero-order valence-corrected chi connectivity index (χ0v) is 13.4. The van der Waals surface area contributed by atoms with E-state index in [2.05, 4.69) is 15.4 Å². The van der Waals surface area contributed by atoms with Crippen molar-refractivity contribution in [3.63, 3.8) is 0 Å². The van der Waals surface area contributed by atoms with Crippen LogP contribution in [0, 0.1) is 5.82 Å². The van der Waals surface area contributed by atoms with E-state index in [0.717, 1.165) is 24.9 Å². The predicted octanol–water partition coefficient (Wildman–Crippen LogP) is 0.958. The number of hydrogen-bond acceptors (Lipinski definition) is 4. The minimum atomic E-state index is -3.54. The molecule has 0 spiro atoms. The summed E-state index contributed by atoms with van der Waals surface area (Å²) in [5.41, 5.74) is 0.00164. The molecule has 9 heteroatoms. The summed E-state index contributed by atoms with van der Waals surface area (Å²) in [6.07, 6.45) is 0.962. The molecule has 1 rings (SSSR count). The highest BCUT2D eigenvalue weighted by molar-refractivity contribution is 7.92. The van der Waals surface area contributed by atoms with Crippen molar-refractivity contribution >= 4 is 34.0 Å². The van der Waals surface area contributed by atoms with Crippen LogP contribution in [0.15, 0.2) is 18.2 Å². The Bertz CT molecular complexity index is 581. The quantitative estimate of drug-likeness (QED) is 0.646. The lowest BCUT2D eigenvalue weighted by atomic mass is 10.1. The Balaban J connectivity index is 0.00000400. The van der Waals surface area contributed by atoms with Gasteiger partial charge in [0, 0.05) is 13.1 Å². The van der Waals surface area contributed by atoms with Crippen LogP contribution in [0.2, 0.25) is 0 Å². The number of likely N-dealkylation sites (N-methyl/N-ethyl adjacent to an activating group) is 1. The average Bonchev–Trinajstić information content (AvgIpc) is 2.35. The van der Waals surface area contributed by atoms with E-state index in [0.29, 0.717) is 13.1 Å². The number of rotatable bonds is 7. The second-order valence-corrected chi connectivity index (χ2v) is 5.92. The average molecular weight is 340 g/mol. The number of anilines is 1. The van der Waals surface area contributed by atoms with Crippen LogP contribution in [0.5, 0.6) is 0 Å². The van der Waals surface area contributed by atoms with Crippen molar-refractivity contribution in [2.45, 2.75) is 6.92 Å². The van der Waals surface area contributed by atoms with Crippen LogP contribution < -0.4 is 15.4 Å². The van der Waals surface area contributed by atoms with E-state index in [9.17, 15) is 17.6 Å². The fourth-order valence-corrected chi connectivity index (χ4v) is 2.11. The van der Waals surface area contributed by atoms with Crippen molar-refractivity contribution in [3.05, 3.63) is 29.6 Å². The van der Waals surface area contributed by atoms with E-state index in [1.54, 1.807) is 0 Å². The molecule has 0 saturated carbocycles. The van der Waals surface area contributed by atoms with Gasteiger partial charge in [-0.2, -0.15) is 0 Å². The maximum Gasteiger partial charge on any atom is 0.253 e. The van der Waals surface area contributed by atoms with Crippen LogP contribution in [0.1, 0.15) is 17.3 Å². The molecule has 21 heavy (non-hydrogen) atoms. The fraction of sp³-hybridized carbons (Fsp3) is 0.417. The Morgan fingerprint density at radius 3 is 2.52 bits per heavy atom. The van der Waals surface area contributed by atoms with Crippen LogP contribution in [0.3, 0.4) is 0 Å². The summed E-state index contributed by atoms with van der Waals surface area (Å²) in [6.45, 7) is 3.65. The summed E-state index contributed by atoms with van der Waals surface area (Å²) >= 11 is 0. The number of halogens is 2. The summed E-state index contributed by atoms with van der Waals surface area (Å²) in [5, 5.41) is 5.60. The Labute approximate surface area is 130 Å². The van der Waals surface area contributed by atoms with Gasteiger partial charge in [-0.1, -0.05) is 6.92 Å². The molecule has 1 amide bonds. The van der Waals surface area contributed by atoms with Gasteiger partial charge in [0.05, 0.1) is 17.5 Å². The van der Waals surface area contributed by atoms with E-state index in [4.69, 9.17) is 0 Å². The Hall–Kier alpha value is -1.38. The molecule has 0 aliphatic carbocycles. The molecule has 0 unspecified atom stereocenters. The molecule has 0 aliphatic heterocycles. The molecule has 6 nitrogen and oxygen atoms in total. The van der Waals surface area contributed by atoms with Gasteiger partial charge >= 0.3 is 0 Å². The molecular formula is C12H19ClFN3O3S. The highest BCUT2D eigenvalue weighted by Crippen LogP contribution is 2.18.